The minimum Gasteiger partial charge on any atom is -0.399 e. The molecule has 2 fully saturated rings. The predicted octanol–water partition coefficient (Wildman–Crippen LogP) is 3.38. The van der Waals surface area contributed by atoms with E-state index in [0.717, 1.165) is 40.4 Å². The van der Waals surface area contributed by atoms with Gasteiger partial charge in [0.2, 0.25) is 5.95 Å². The Balaban J connectivity index is 1.52. The number of hydrogen-bond acceptors (Lipinski definition) is 3. The average Bonchev–Trinajstić information content (AvgIpc) is 3.11. The number of H-pyrrole nitrogens is 1. The van der Waals surface area contributed by atoms with Crippen LogP contribution >= 0.6 is 0 Å². The minimum atomic E-state index is 0.489. The Morgan fingerprint density at radius 3 is 3.00 bits per heavy atom. The molecule has 4 rings (SSSR count). The highest BCUT2D eigenvalue weighted by Crippen LogP contribution is 2.49. The smallest absolute Gasteiger partial charge is 0.201 e. The van der Waals surface area contributed by atoms with Gasteiger partial charge in [-0.05, 0) is 62.1 Å². The number of anilines is 2. The van der Waals surface area contributed by atoms with Gasteiger partial charge in [-0.25, -0.2) is 4.98 Å². The molecule has 2 aliphatic carbocycles. The maximum atomic E-state index is 5.81. The van der Waals surface area contributed by atoms with E-state index in [-0.39, 0.29) is 0 Å². The van der Waals surface area contributed by atoms with Crippen molar-refractivity contribution in [3.8, 4) is 0 Å². The Kier molecular flexibility index (Phi) is 2.65. The number of nitrogens with zero attached hydrogens (tertiary/aromatic N) is 1. The Bertz CT molecular complexity index is 632. The van der Waals surface area contributed by atoms with Crippen LogP contribution in [0.5, 0.6) is 0 Å². The van der Waals surface area contributed by atoms with Crippen molar-refractivity contribution in [3.63, 3.8) is 0 Å². The molecule has 4 N–H and O–H groups in total. The van der Waals surface area contributed by atoms with E-state index in [1.165, 1.54) is 25.7 Å². The fourth-order valence-electron chi connectivity index (χ4n) is 4.32. The monoisotopic (exact) mass is 270 g/mol. The molecule has 4 heteroatoms. The Morgan fingerprint density at radius 2 is 2.25 bits per heavy atom. The molecule has 0 amide bonds. The van der Waals surface area contributed by atoms with E-state index in [1.807, 2.05) is 18.2 Å². The second-order valence-electron chi connectivity index (χ2n) is 6.63. The first-order valence-corrected chi connectivity index (χ1v) is 7.71. The van der Waals surface area contributed by atoms with Gasteiger partial charge in [-0.1, -0.05) is 6.42 Å². The summed E-state index contributed by atoms with van der Waals surface area (Å²) in [5.74, 6) is 3.61. The fourth-order valence-corrected chi connectivity index (χ4v) is 4.32. The van der Waals surface area contributed by atoms with Crippen LogP contribution in [0.3, 0.4) is 0 Å². The van der Waals surface area contributed by atoms with E-state index in [9.17, 15) is 0 Å². The molecule has 106 valence electrons. The molecule has 0 aliphatic heterocycles. The lowest BCUT2D eigenvalue weighted by Gasteiger charge is -2.28. The van der Waals surface area contributed by atoms with Gasteiger partial charge < -0.3 is 16.0 Å². The molecule has 2 aliphatic rings. The third kappa shape index (κ3) is 1.94. The van der Waals surface area contributed by atoms with Gasteiger partial charge in [0.1, 0.15) is 0 Å². The Labute approximate surface area is 119 Å². The lowest BCUT2D eigenvalue weighted by atomic mass is 9.84. The standard InChI is InChI=1S/C16H22N4/c1-9(13-7-10-2-3-11(13)6-10)18-16-19-14-5-4-12(17)8-15(14)20-16/h4-5,8-11,13H,2-3,6-7,17H2,1H3,(H2,18,19,20). The van der Waals surface area contributed by atoms with Crippen molar-refractivity contribution in [1.82, 2.24) is 9.97 Å². The minimum absolute atomic E-state index is 0.489. The summed E-state index contributed by atoms with van der Waals surface area (Å²) in [6.07, 6.45) is 5.73. The zero-order valence-electron chi connectivity index (χ0n) is 11.9. The molecule has 2 saturated carbocycles. The third-order valence-electron chi connectivity index (χ3n) is 5.31. The van der Waals surface area contributed by atoms with E-state index in [4.69, 9.17) is 5.73 Å². The van der Waals surface area contributed by atoms with Crippen LogP contribution in [0.15, 0.2) is 18.2 Å². The maximum Gasteiger partial charge on any atom is 0.201 e. The zero-order chi connectivity index (χ0) is 13.7. The van der Waals surface area contributed by atoms with Crippen molar-refractivity contribution in [3.05, 3.63) is 18.2 Å². The van der Waals surface area contributed by atoms with E-state index in [0.29, 0.717) is 6.04 Å². The Morgan fingerprint density at radius 1 is 1.35 bits per heavy atom. The number of hydrogen-bond donors (Lipinski definition) is 3. The average molecular weight is 270 g/mol. The normalized spacial score (nSPS) is 29.9. The summed E-state index contributed by atoms with van der Waals surface area (Å²) < 4.78 is 0. The third-order valence-corrected chi connectivity index (χ3v) is 5.31. The number of nitrogens with one attached hydrogen (secondary N) is 2. The number of aromatic nitrogens is 2. The molecule has 1 aromatic carbocycles. The molecular weight excluding hydrogens is 248 g/mol. The van der Waals surface area contributed by atoms with Crippen LogP contribution in [0, 0.1) is 17.8 Å². The van der Waals surface area contributed by atoms with Crippen LogP contribution in [0.25, 0.3) is 11.0 Å². The van der Waals surface area contributed by atoms with Crippen LogP contribution in [-0.4, -0.2) is 16.0 Å². The molecule has 2 aromatic rings. The number of imidazole rings is 1. The van der Waals surface area contributed by atoms with Gasteiger partial charge in [0.15, 0.2) is 0 Å². The first kappa shape index (κ1) is 12.1. The molecule has 2 bridgehead atoms. The summed E-state index contributed by atoms with van der Waals surface area (Å²) in [7, 11) is 0. The molecule has 4 atom stereocenters. The molecule has 0 spiro atoms. The molecule has 0 saturated heterocycles. The van der Waals surface area contributed by atoms with E-state index in [2.05, 4.69) is 22.2 Å². The lowest BCUT2D eigenvalue weighted by Crippen LogP contribution is -2.30. The predicted molar refractivity (Wildman–Crippen MR) is 82.5 cm³/mol. The van der Waals surface area contributed by atoms with Gasteiger partial charge in [0.05, 0.1) is 11.0 Å². The summed E-state index contributed by atoms with van der Waals surface area (Å²) in [4.78, 5) is 7.94. The fraction of sp³-hybridized carbons (Fsp3) is 0.562. The van der Waals surface area contributed by atoms with Crippen LogP contribution in [0.1, 0.15) is 32.6 Å². The van der Waals surface area contributed by atoms with Gasteiger partial charge in [-0.3, -0.25) is 0 Å². The molecule has 4 nitrogen and oxygen atoms in total. The summed E-state index contributed by atoms with van der Waals surface area (Å²) >= 11 is 0. The number of fused-ring (bicyclic) bond motifs is 3. The highest BCUT2D eigenvalue weighted by atomic mass is 15.1. The van der Waals surface area contributed by atoms with E-state index >= 15 is 0 Å². The lowest BCUT2D eigenvalue weighted by molar-refractivity contribution is 0.303. The molecule has 1 aromatic heterocycles. The number of aromatic amines is 1. The van der Waals surface area contributed by atoms with Crippen molar-refractivity contribution in [2.75, 3.05) is 11.1 Å². The van der Waals surface area contributed by atoms with Gasteiger partial charge in [-0.2, -0.15) is 0 Å². The van der Waals surface area contributed by atoms with Crippen molar-refractivity contribution >= 4 is 22.7 Å². The van der Waals surface area contributed by atoms with Crippen molar-refractivity contribution in [1.29, 1.82) is 0 Å². The molecule has 0 radical (unpaired) electrons. The topological polar surface area (TPSA) is 66.7 Å². The number of nitrogens with two attached hydrogens (primary N) is 1. The van der Waals surface area contributed by atoms with Crippen molar-refractivity contribution in [2.24, 2.45) is 17.8 Å². The van der Waals surface area contributed by atoms with Gasteiger partial charge in [0.25, 0.3) is 0 Å². The second-order valence-corrected chi connectivity index (χ2v) is 6.63. The highest BCUT2D eigenvalue weighted by Gasteiger charge is 2.41. The summed E-state index contributed by atoms with van der Waals surface area (Å²) in [6.45, 7) is 2.30. The number of rotatable bonds is 3. The quantitative estimate of drug-likeness (QED) is 0.749. The first-order chi connectivity index (χ1) is 9.69. The maximum absolute atomic E-state index is 5.81. The van der Waals surface area contributed by atoms with Gasteiger partial charge in [-0.15, -0.1) is 0 Å². The van der Waals surface area contributed by atoms with E-state index < -0.39 is 0 Å². The van der Waals surface area contributed by atoms with Gasteiger partial charge in [0, 0.05) is 11.7 Å². The second kappa shape index (κ2) is 4.40. The largest absolute Gasteiger partial charge is 0.399 e. The van der Waals surface area contributed by atoms with Crippen LogP contribution in [0.4, 0.5) is 11.6 Å². The Hall–Kier alpha value is -1.71. The molecule has 1 heterocycles. The van der Waals surface area contributed by atoms with Crippen LogP contribution < -0.4 is 11.1 Å². The van der Waals surface area contributed by atoms with Crippen molar-refractivity contribution < 1.29 is 0 Å². The molecule has 20 heavy (non-hydrogen) atoms. The highest BCUT2D eigenvalue weighted by molar-refractivity contribution is 5.80. The molecule has 4 unspecified atom stereocenters. The molecular formula is C16H22N4. The number of nitrogen functional groups attached to an aromatic ring is 1. The number of benzene rings is 1. The van der Waals surface area contributed by atoms with Crippen LogP contribution in [0.2, 0.25) is 0 Å². The SMILES string of the molecule is CC(Nc1nc2ccc(N)cc2[nH]1)C1CC2CCC1C2. The van der Waals surface area contributed by atoms with Crippen molar-refractivity contribution in [2.45, 2.75) is 38.6 Å². The summed E-state index contributed by atoms with van der Waals surface area (Å²) in [5.41, 5.74) is 8.56. The van der Waals surface area contributed by atoms with Gasteiger partial charge >= 0.3 is 0 Å². The zero-order valence-corrected chi connectivity index (χ0v) is 11.9. The van der Waals surface area contributed by atoms with E-state index in [1.54, 1.807) is 0 Å². The van der Waals surface area contributed by atoms with Crippen LogP contribution in [-0.2, 0) is 0 Å². The first-order valence-electron chi connectivity index (χ1n) is 7.71. The summed E-state index contributed by atoms with van der Waals surface area (Å²) in [5, 5.41) is 3.57. The summed E-state index contributed by atoms with van der Waals surface area (Å²) in [6, 6.07) is 6.29.